The van der Waals surface area contributed by atoms with Crippen LogP contribution in [0.1, 0.15) is 29.2 Å². The van der Waals surface area contributed by atoms with Gasteiger partial charge in [0.05, 0.1) is 6.54 Å². The molecule has 0 atom stereocenters. The molecule has 1 N–H and O–H groups in total. The normalized spacial score (nSPS) is 10.7. The van der Waals surface area contributed by atoms with Gasteiger partial charge < -0.3 is 10.2 Å². The Labute approximate surface area is 134 Å². The minimum Gasteiger partial charge on any atom is -0.349 e. The van der Waals surface area contributed by atoms with Crippen LogP contribution in [-0.4, -0.2) is 28.0 Å². The van der Waals surface area contributed by atoms with Crippen molar-refractivity contribution in [2.75, 3.05) is 23.3 Å². The molecule has 2 rings (SSSR count). The van der Waals surface area contributed by atoms with Crippen LogP contribution in [0.4, 0.5) is 11.9 Å². The van der Waals surface area contributed by atoms with E-state index in [9.17, 15) is 0 Å². The highest BCUT2D eigenvalue weighted by atomic mass is 35.5. The van der Waals surface area contributed by atoms with E-state index in [1.165, 1.54) is 15.3 Å². The van der Waals surface area contributed by atoms with Crippen molar-refractivity contribution in [3.8, 4) is 0 Å². The number of nitrogens with one attached hydrogen (secondary N) is 1. The third-order valence-corrected chi connectivity index (χ3v) is 4.60. The molecule has 2 aromatic heterocycles. The van der Waals surface area contributed by atoms with Crippen LogP contribution in [0.3, 0.4) is 0 Å². The maximum Gasteiger partial charge on any atom is 0.231 e. The smallest absolute Gasteiger partial charge is 0.231 e. The van der Waals surface area contributed by atoms with Crippen LogP contribution in [0, 0.1) is 13.8 Å². The van der Waals surface area contributed by atoms with Crippen molar-refractivity contribution in [2.24, 2.45) is 0 Å². The Balaban J connectivity index is 2.12. The summed E-state index contributed by atoms with van der Waals surface area (Å²) in [7, 11) is 0. The lowest BCUT2D eigenvalue weighted by Crippen LogP contribution is -2.25. The molecule has 5 nitrogen and oxygen atoms in total. The van der Waals surface area contributed by atoms with Gasteiger partial charge in [0, 0.05) is 22.8 Å². The summed E-state index contributed by atoms with van der Waals surface area (Å²) in [5, 5.41) is 3.44. The zero-order valence-electron chi connectivity index (χ0n) is 12.8. The monoisotopic (exact) mass is 325 g/mol. The molecule has 0 unspecified atom stereocenters. The average molecular weight is 326 g/mol. The van der Waals surface area contributed by atoms with Crippen molar-refractivity contribution < 1.29 is 0 Å². The third-order valence-electron chi connectivity index (χ3n) is 3.28. The first-order valence-electron chi connectivity index (χ1n) is 6.99. The average Bonchev–Trinajstić information content (AvgIpc) is 2.76. The van der Waals surface area contributed by atoms with Crippen LogP contribution in [0.25, 0.3) is 0 Å². The van der Waals surface area contributed by atoms with Crippen molar-refractivity contribution in [3.63, 3.8) is 0 Å². The summed E-state index contributed by atoms with van der Waals surface area (Å²) in [6, 6.07) is 2.18. The van der Waals surface area contributed by atoms with E-state index in [1.54, 1.807) is 11.3 Å². The van der Waals surface area contributed by atoms with Crippen LogP contribution in [0.5, 0.6) is 0 Å². The van der Waals surface area contributed by atoms with Gasteiger partial charge >= 0.3 is 0 Å². The van der Waals surface area contributed by atoms with E-state index < -0.39 is 0 Å². The predicted octanol–water partition coefficient (Wildman–Crippen LogP) is 3.66. The standard InChI is InChI=1S/C14H20ClN5S/c1-5-20(6-2)14-18-12(15)17-13(19-14)16-8-11-7-9(3)10(4)21-11/h7H,5-6,8H2,1-4H3,(H,16,17,18,19). The summed E-state index contributed by atoms with van der Waals surface area (Å²) in [5.41, 5.74) is 1.31. The number of halogens is 1. The highest BCUT2D eigenvalue weighted by molar-refractivity contribution is 7.12. The van der Waals surface area contributed by atoms with Gasteiger partial charge in [-0.25, -0.2) is 0 Å². The van der Waals surface area contributed by atoms with E-state index in [4.69, 9.17) is 11.6 Å². The van der Waals surface area contributed by atoms with Gasteiger partial charge in [-0.15, -0.1) is 11.3 Å². The molecule has 114 valence electrons. The van der Waals surface area contributed by atoms with Crippen LogP contribution < -0.4 is 10.2 Å². The third kappa shape index (κ3) is 4.04. The fourth-order valence-corrected chi connectivity index (χ4v) is 3.12. The van der Waals surface area contributed by atoms with E-state index >= 15 is 0 Å². The van der Waals surface area contributed by atoms with E-state index in [0.717, 1.165) is 13.1 Å². The second-order valence-corrected chi connectivity index (χ2v) is 6.38. The Kier molecular flexibility index (Phi) is 5.36. The van der Waals surface area contributed by atoms with Gasteiger partial charge in [-0.1, -0.05) is 0 Å². The molecule has 2 aromatic rings. The minimum atomic E-state index is 0.216. The zero-order chi connectivity index (χ0) is 15.4. The zero-order valence-corrected chi connectivity index (χ0v) is 14.3. The SMILES string of the molecule is CCN(CC)c1nc(Cl)nc(NCc2cc(C)c(C)s2)n1. The van der Waals surface area contributed by atoms with Gasteiger partial charge in [-0.2, -0.15) is 15.0 Å². The lowest BCUT2D eigenvalue weighted by Gasteiger charge is -2.18. The number of rotatable bonds is 6. The summed E-state index contributed by atoms with van der Waals surface area (Å²) in [6.07, 6.45) is 0. The molecule has 0 aliphatic carbocycles. The molecule has 0 amide bonds. The Morgan fingerprint density at radius 2 is 1.90 bits per heavy atom. The van der Waals surface area contributed by atoms with Gasteiger partial charge in [-0.3, -0.25) is 0 Å². The summed E-state index contributed by atoms with van der Waals surface area (Å²) >= 11 is 7.77. The van der Waals surface area contributed by atoms with Gasteiger partial charge in [0.1, 0.15) is 0 Å². The predicted molar refractivity (Wildman–Crippen MR) is 89.5 cm³/mol. The Bertz CT molecular complexity index is 590. The van der Waals surface area contributed by atoms with Gasteiger partial charge in [0.2, 0.25) is 17.2 Å². The van der Waals surface area contributed by atoms with Crippen molar-refractivity contribution in [3.05, 3.63) is 26.7 Å². The van der Waals surface area contributed by atoms with Crippen LogP contribution >= 0.6 is 22.9 Å². The maximum absolute atomic E-state index is 5.99. The highest BCUT2D eigenvalue weighted by Crippen LogP contribution is 2.21. The number of hydrogen-bond donors (Lipinski definition) is 1. The second kappa shape index (κ2) is 7.04. The number of nitrogens with zero attached hydrogens (tertiary/aromatic N) is 4. The molecule has 21 heavy (non-hydrogen) atoms. The Hall–Kier alpha value is -1.40. The molecule has 0 aliphatic heterocycles. The molecule has 0 aromatic carbocycles. The fraction of sp³-hybridized carbons (Fsp3) is 0.500. The molecule has 0 saturated carbocycles. The van der Waals surface area contributed by atoms with Crippen LogP contribution in [0.2, 0.25) is 5.28 Å². The summed E-state index contributed by atoms with van der Waals surface area (Å²) in [6.45, 7) is 10.7. The molecule has 0 aliphatic rings. The minimum absolute atomic E-state index is 0.216. The first kappa shape index (κ1) is 16.0. The molecular formula is C14H20ClN5S. The Morgan fingerprint density at radius 1 is 1.19 bits per heavy atom. The molecule has 0 bridgehead atoms. The lowest BCUT2D eigenvalue weighted by atomic mass is 10.3. The van der Waals surface area contributed by atoms with Gasteiger partial charge in [-0.05, 0) is 50.9 Å². The summed E-state index contributed by atoms with van der Waals surface area (Å²) in [4.78, 5) is 17.4. The molecule has 0 radical (unpaired) electrons. The second-order valence-electron chi connectivity index (χ2n) is 4.71. The quantitative estimate of drug-likeness (QED) is 0.878. The van der Waals surface area contributed by atoms with Crippen molar-refractivity contribution >= 4 is 34.8 Å². The lowest BCUT2D eigenvalue weighted by molar-refractivity contribution is 0.811. The number of aromatic nitrogens is 3. The Morgan fingerprint density at radius 3 is 2.48 bits per heavy atom. The summed E-state index contributed by atoms with van der Waals surface area (Å²) < 4.78 is 0. The van der Waals surface area contributed by atoms with Crippen molar-refractivity contribution in [2.45, 2.75) is 34.2 Å². The van der Waals surface area contributed by atoms with E-state index in [0.29, 0.717) is 18.4 Å². The fourth-order valence-electron chi connectivity index (χ4n) is 1.97. The number of hydrogen-bond acceptors (Lipinski definition) is 6. The summed E-state index contributed by atoms with van der Waals surface area (Å²) in [5.74, 6) is 1.13. The van der Waals surface area contributed by atoms with Gasteiger partial charge in [0.15, 0.2) is 0 Å². The first-order chi connectivity index (χ1) is 10.0. The van der Waals surface area contributed by atoms with E-state index in [2.05, 4.69) is 54.0 Å². The van der Waals surface area contributed by atoms with Crippen molar-refractivity contribution in [1.29, 1.82) is 0 Å². The molecule has 0 fully saturated rings. The molecule has 2 heterocycles. The topological polar surface area (TPSA) is 53.9 Å². The molecular weight excluding hydrogens is 306 g/mol. The van der Waals surface area contributed by atoms with E-state index in [-0.39, 0.29) is 5.28 Å². The van der Waals surface area contributed by atoms with Crippen LogP contribution in [-0.2, 0) is 6.54 Å². The first-order valence-corrected chi connectivity index (χ1v) is 8.19. The highest BCUT2D eigenvalue weighted by Gasteiger charge is 2.10. The number of aryl methyl sites for hydroxylation is 2. The largest absolute Gasteiger partial charge is 0.349 e. The molecule has 0 saturated heterocycles. The molecule has 7 heteroatoms. The van der Waals surface area contributed by atoms with Crippen molar-refractivity contribution in [1.82, 2.24) is 15.0 Å². The maximum atomic E-state index is 5.99. The molecule has 0 spiro atoms. The number of anilines is 2. The van der Waals surface area contributed by atoms with E-state index in [1.807, 2.05) is 4.90 Å². The van der Waals surface area contributed by atoms with Gasteiger partial charge in [0.25, 0.3) is 0 Å². The number of thiophene rings is 1. The van der Waals surface area contributed by atoms with Crippen LogP contribution in [0.15, 0.2) is 6.07 Å².